The lowest BCUT2D eigenvalue weighted by atomic mass is 10.0. The number of nitriles is 1. The van der Waals surface area contributed by atoms with Crippen LogP contribution in [-0.4, -0.2) is 17.1 Å². The molecule has 0 radical (unpaired) electrons. The quantitative estimate of drug-likeness (QED) is 0.764. The van der Waals surface area contributed by atoms with Gasteiger partial charge in [0.15, 0.2) is 0 Å². The van der Waals surface area contributed by atoms with Crippen molar-refractivity contribution in [3.05, 3.63) is 35.5 Å². The fourth-order valence-electron chi connectivity index (χ4n) is 1.96. The summed E-state index contributed by atoms with van der Waals surface area (Å²) in [7, 11) is 0. The molecule has 1 heterocycles. The number of hydrogen-bond donors (Lipinski definition) is 0. The van der Waals surface area contributed by atoms with Crippen LogP contribution in [0.4, 0.5) is 5.82 Å². The third kappa shape index (κ3) is 2.89. The zero-order valence-corrected chi connectivity index (χ0v) is 11.9. The van der Waals surface area contributed by atoms with Crippen LogP contribution in [0.2, 0.25) is 0 Å². The molecule has 1 aromatic heterocycles. The molecule has 0 saturated heterocycles. The monoisotopic (exact) mass is 243 g/mol. The van der Waals surface area contributed by atoms with E-state index < -0.39 is 0 Å². The van der Waals surface area contributed by atoms with E-state index in [2.05, 4.69) is 43.3 Å². The molecule has 3 heteroatoms. The topological polar surface area (TPSA) is 39.9 Å². The highest BCUT2D eigenvalue weighted by atomic mass is 15.2. The van der Waals surface area contributed by atoms with Gasteiger partial charge in [0.1, 0.15) is 11.9 Å². The average Bonchev–Trinajstić information content (AvgIpc) is 2.23. The van der Waals surface area contributed by atoms with E-state index >= 15 is 0 Å². The van der Waals surface area contributed by atoms with Crippen LogP contribution >= 0.6 is 0 Å². The molecule has 18 heavy (non-hydrogen) atoms. The standard InChI is InChI=1S/C15H21N3/c1-7-8-18(15(4,5)6)14-13(10-16)11(2)9-12(3)17-14/h7,9H,1,8H2,2-6H3. The van der Waals surface area contributed by atoms with Gasteiger partial charge in [-0.1, -0.05) is 6.08 Å². The molecular formula is C15H21N3. The second-order valence-corrected chi connectivity index (χ2v) is 5.46. The van der Waals surface area contributed by atoms with Crippen molar-refractivity contribution < 1.29 is 0 Å². The third-order valence-corrected chi connectivity index (χ3v) is 2.81. The van der Waals surface area contributed by atoms with Gasteiger partial charge < -0.3 is 4.90 Å². The Balaban J connectivity index is 3.45. The Kier molecular flexibility index (Phi) is 4.13. The van der Waals surface area contributed by atoms with Crippen LogP contribution < -0.4 is 4.90 Å². The van der Waals surface area contributed by atoms with Crippen LogP contribution in [0, 0.1) is 25.2 Å². The van der Waals surface area contributed by atoms with Crippen LogP contribution in [0.1, 0.15) is 37.6 Å². The van der Waals surface area contributed by atoms with E-state index in [0.29, 0.717) is 12.1 Å². The molecule has 0 aliphatic rings. The second kappa shape index (κ2) is 5.22. The number of pyridine rings is 1. The number of aromatic nitrogens is 1. The Morgan fingerprint density at radius 1 is 1.44 bits per heavy atom. The fourth-order valence-corrected chi connectivity index (χ4v) is 1.96. The normalized spacial score (nSPS) is 10.9. The number of aryl methyl sites for hydroxylation is 2. The summed E-state index contributed by atoms with van der Waals surface area (Å²) in [5, 5.41) is 9.33. The maximum atomic E-state index is 9.33. The summed E-state index contributed by atoms with van der Waals surface area (Å²) in [5.74, 6) is 0.752. The molecule has 96 valence electrons. The van der Waals surface area contributed by atoms with Crippen molar-refractivity contribution in [1.29, 1.82) is 5.26 Å². The van der Waals surface area contributed by atoms with Gasteiger partial charge in [0.2, 0.25) is 0 Å². The number of rotatable bonds is 3. The van der Waals surface area contributed by atoms with Crippen LogP contribution in [0.5, 0.6) is 0 Å². The van der Waals surface area contributed by atoms with E-state index in [0.717, 1.165) is 17.1 Å². The Hall–Kier alpha value is -1.82. The predicted molar refractivity (Wildman–Crippen MR) is 75.7 cm³/mol. The summed E-state index contributed by atoms with van der Waals surface area (Å²) in [6, 6.07) is 4.20. The molecule has 0 saturated carbocycles. The first-order valence-electron chi connectivity index (χ1n) is 6.08. The number of hydrogen-bond acceptors (Lipinski definition) is 3. The van der Waals surface area contributed by atoms with Crippen molar-refractivity contribution in [2.45, 2.75) is 40.2 Å². The van der Waals surface area contributed by atoms with E-state index in [4.69, 9.17) is 0 Å². The second-order valence-electron chi connectivity index (χ2n) is 5.46. The highest BCUT2D eigenvalue weighted by Gasteiger charge is 2.25. The molecule has 0 aliphatic heterocycles. The molecular weight excluding hydrogens is 222 g/mol. The predicted octanol–water partition coefficient (Wildman–Crippen LogP) is 3.36. The molecule has 0 bridgehead atoms. The largest absolute Gasteiger partial charge is 0.347 e. The van der Waals surface area contributed by atoms with Crippen molar-refractivity contribution in [2.24, 2.45) is 0 Å². The maximum absolute atomic E-state index is 9.33. The Morgan fingerprint density at radius 2 is 2.06 bits per heavy atom. The van der Waals surface area contributed by atoms with Crippen LogP contribution in [-0.2, 0) is 0 Å². The van der Waals surface area contributed by atoms with E-state index in [9.17, 15) is 5.26 Å². The van der Waals surface area contributed by atoms with Crippen molar-refractivity contribution in [1.82, 2.24) is 4.98 Å². The minimum Gasteiger partial charge on any atom is -0.347 e. The molecule has 0 unspecified atom stereocenters. The third-order valence-electron chi connectivity index (χ3n) is 2.81. The van der Waals surface area contributed by atoms with Gasteiger partial charge >= 0.3 is 0 Å². The van der Waals surface area contributed by atoms with Crippen molar-refractivity contribution in [2.75, 3.05) is 11.4 Å². The molecule has 0 aromatic carbocycles. The molecule has 1 rings (SSSR count). The minimum absolute atomic E-state index is 0.104. The SMILES string of the molecule is C=CCN(c1nc(C)cc(C)c1C#N)C(C)(C)C. The lowest BCUT2D eigenvalue weighted by molar-refractivity contribution is 0.516. The Bertz CT molecular complexity index is 490. The highest BCUT2D eigenvalue weighted by molar-refractivity contribution is 5.59. The van der Waals surface area contributed by atoms with E-state index in [1.807, 2.05) is 26.0 Å². The molecule has 0 N–H and O–H groups in total. The summed E-state index contributed by atoms with van der Waals surface area (Å²) in [5.41, 5.74) is 2.45. The molecule has 0 fully saturated rings. The van der Waals surface area contributed by atoms with E-state index in [1.54, 1.807) is 0 Å². The lowest BCUT2D eigenvalue weighted by Crippen LogP contribution is -2.42. The summed E-state index contributed by atoms with van der Waals surface area (Å²) in [4.78, 5) is 6.66. The smallest absolute Gasteiger partial charge is 0.147 e. The first kappa shape index (κ1) is 14.2. The summed E-state index contributed by atoms with van der Waals surface area (Å²) in [6.07, 6.45) is 1.84. The fraction of sp³-hybridized carbons (Fsp3) is 0.467. The first-order valence-corrected chi connectivity index (χ1v) is 6.08. The van der Waals surface area contributed by atoms with Gasteiger partial charge in [-0.15, -0.1) is 6.58 Å². The molecule has 3 nitrogen and oxygen atoms in total. The summed E-state index contributed by atoms with van der Waals surface area (Å²) in [6.45, 7) is 14.7. The van der Waals surface area contributed by atoms with Gasteiger partial charge in [-0.2, -0.15) is 5.26 Å². The van der Waals surface area contributed by atoms with Crippen LogP contribution in [0.15, 0.2) is 18.7 Å². The highest BCUT2D eigenvalue weighted by Crippen LogP contribution is 2.27. The Labute approximate surface area is 110 Å². The van der Waals surface area contributed by atoms with Crippen LogP contribution in [0.25, 0.3) is 0 Å². The number of anilines is 1. The Morgan fingerprint density at radius 3 is 2.50 bits per heavy atom. The summed E-state index contributed by atoms with van der Waals surface area (Å²) < 4.78 is 0. The average molecular weight is 243 g/mol. The van der Waals surface area contributed by atoms with Gasteiger partial charge in [0, 0.05) is 17.8 Å². The van der Waals surface area contributed by atoms with E-state index in [-0.39, 0.29) is 5.54 Å². The van der Waals surface area contributed by atoms with Gasteiger partial charge in [-0.05, 0) is 46.2 Å². The van der Waals surface area contributed by atoms with Crippen molar-refractivity contribution in [3.8, 4) is 6.07 Å². The molecule has 0 amide bonds. The van der Waals surface area contributed by atoms with Gasteiger partial charge in [-0.3, -0.25) is 0 Å². The maximum Gasteiger partial charge on any atom is 0.147 e. The van der Waals surface area contributed by atoms with Gasteiger partial charge in [0.05, 0.1) is 5.56 Å². The van der Waals surface area contributed by atoms with Crippen LogP contribution in [0.3, 0.4) is 0 Å². The molecule has 0 aliphatic carbocycles. The van der Waals surface area contributed by atoms with Gasteiger partial charge in [0.25, 0.3) is 0 Å². The van der Waals surface area contributed by atoms with Gasteiger partial charge in [-0.25, -0.2) is 4.98 Å². The number of nitrogens with zero attached hydrogens (tertiary/aromatic N) is 3. The zero-order chi connectivity index (χ0) is 13.9. The van der Waals surface area contributed by atoms with Crippen molar-refractivity contribution in [3.63, 3.8) is 0 Å². The zero-order valence-electron chi connectivity index (χ0n) is 11.9. The molecule has 0 atom stereocenters. The first-order chi connectivity index (χ1) is 8.31. The molecule has 1 aromatic rings. The van der Waals surface area contributed by atoms with E-state index in [1.165, 1.54) is 0 Å². The summed E-state index contributed by atoms with van der Waals surface area (Å²) >= 11 is 0. The minimum atomic E-state index is -0.104. The molecule has 0 spiro atoms. The van der Waals surface area contributed by atoms with Crippen molar-refractivity contribution >= 4 is 5.82 Å². The lowest BCUT2D eigenvalue weighted by Gasteiger charge is -2.36.